The van der Waals surface area contributed by atoms with Crippen LogP contribution >= 0.6 is 0 Å². The normalized spacial score (nSPS) is 18.8. The highest BCUT2D eigenvalue weighted by Crippen LogP contribution is 2.22. The Balaban J connectivity index is 1.92. The summed E-state index contributed by atoms with van der Waals surface area (Å²) in [4.78, 5) is 0. The SMILES string of the molecule is NC(Cc1c(F)cccc1F)CC1CCOCC1. The van der Waals surface area contributed by atoms with Crippen LogP contribution in [0.15, 0.2) is 18.2 Å². The third-order valence-electron chi connectivity index (χ3n) is 3.50. The highest BCUT2D eigenvalue weighted by atomic mass is 19.1. The van der Waals surface area contributed by atoms with Gasteiger partial charge in [0.25, 0.3) is 0 Å². The summed E-state index contributed by atoms with van der Waals surface area (Å²) in [5, 5.41) is 0. The van der Waals surface area contributed by atoms with Gasteiger partial charge in [0.15, 0.2) is 0 Å². The Morgan fingerprint density at radius 3 is 2.44 bits per heavy atom. The van der Waals surface area contributed by atoms with Crippen LogP contribution in [-0.2, 0) is 11.2 Å². The van der Waals surface area contributed by atoms with E-state index in [1.54, 1.807) is 0 Å². The van der Waals surface area contributed by atoms with Gasteiger partial charge in [-0.1, -0.05) is 6.07 Å². The molecule has 18 heavy (non-hydrogen) atoms. The average Bonchev–Trinajstić information content (AvgIpc) is 2.35. The molecule has 0 bridgehead atoms. The van der Waals surface area contributed by atoms with E-state index in [2.05, 4.69) is 0 Å². The van der Waals surface area contributed by atoms with Gasteiger partial charge in [0.2, 0.25) is 0 Å². The minimum Gasteiger partial charge on any atom is -0.381 e. The van der Waals surface area contributed by atoms with Crippen LogP contribution in [-0.4, -0.2) is 19.3 Å². The number of benzene rings is 1. The first-order valence-electron chi connectivity index (χ1n) is 6.43. The Bertz CT molecular complexity index is 371. The van der Waals surface area contributed by atoms with E-state index < -0.39 is 11.6 Å². The second kappa shape index (κ2) is 6.25. The van der Waals surface area contributed by atoms with Crippen molar-refractivity contribution in [2.75, 3.05) is 13.2 Å². The molecule has 1 atom stereocenters. The first kappa shape index (κ1) is 13.4. The maximum atomic E-state index is 13.5. The first-order chi connectivity index (χ1) is 8.66. The standard InChI is InChI=1S/C14H19F2NO/c15-13-2-1-3-14(16)12(13)9-11(17)8-10-4-6-18-7-5-10/h1-3,10-11H,4-9,17H2. The van der Waals surface area contributed by atoms with E-state index in [0.717, 1.165) is 32.5 Å². The summed E-state index contributed by atoms with van der Waals surface area (Å²) < 4.78 is 32.2. The van der Waals surface area contributed by atoms with Gasteiger partial charge in [0.1, 0.15) is 11.6 Å². The molecule has 0 aliphatic carbocycles. The molecular formula is C14H19F2NO. The number of rotatable bonds is 4. The molecule has 1 saturated heterocycles. The van der Waals surface area contributed by atoms with Gasteiger partial charge in [-0.05, 0) is 43.7 Å². The van der Waals surface area contributed by atoms with Crippen LogP contribution in [0.5, 0.6) is 0 Å². The number of ether oxygens (including phenoxy) is 1. The van der Waals surface area contributed by atoms with E-state index in [9.17, 15) is 8.78 Å². The Kier molecular flexibility index (Phi) is 4.66. The number of hydrogen-bond donors (Lipinski definition) is 1. The minimum absolute atomic E-state index is 0.108. The first-order valence-corrected chi connectivity index (χ1v) is 6.43. The maximum Gasteiger partial charge on any atom is 0.129 e. The summed E-state index contributed by atoms with van der Waals surface area (Å²) in [5.74, 6) is -0.488. The molecule has 1 aliphatic rings. The second-order valence-corrected chi connectivity index (χ2v) is 4.96. The smallest absolute Gasteiger partial charge is 0.129 e. The Labute approximate surface area is 106 Å². The number of nitrogens with two attached hydrogens (primary N) is 1. The highest BCUT2D eigenvalue weighted by Gasteiger charge is 2.19. The molecule has 0 spiro atoms. The van der Waals surface area contributed by atoms with E-state index in [4.69, 9.17) is 10.5 Å². The van der Waals surface area contributed by atoms with Crippen molar-refractivity contribution in [1.82, 2.24) is 0 Å². The van der Waals surface area contributed by atoms with Crippen molar-refractivity contribution >= 4 is 0 Å². The van der Waals surface area contributed by atoms with E-state index in [1.807, 2.05) is 0 Å². The van der Waals surface area contributed by atoms with Crippen molar-refractivity contribution < 1.29 is 13.5 Å². The predicted molar refractivity (Wildman–Crippen MR) is 66.2 cm³/mol. The lowest BCUT2D eigenvalue weighted by Crippen LogP contribution is -2.29. The zero-order chi connectivity index (χ0) is 13.0. The third-order valence-corrected chi connectivity index (χ3v) is 3.50. The molecule has 2 N–H and O–H groups in total. The zero-order valence-electron chi connectivity index (χ0n) is 10.4. The van der Waals surface area contributed by atoms with Gasteiger partial charge >= 0.3 is 0 Å². The molecule has 0 amide bonds. The van der Waals surface area contributed by atoms with Crippen molar-refractivity contribution in [2.24, 2.45) is 11.7 Å². The van der Waals surface area contributed by atoms with Crippen LogP contribution in [0, 0.1) is 17.6 Å². The highest BCUT2D eigenvalue weighted by molar-refractivity contribution is 5.20. The van der Waals surface area contributed by atoms with Gasteiger partial charge in [-0.15, -0.1) is 0 Å². The third kappa shape index (κ3) is 3.50. The van der Waals surface area contributed by atoms with Gasteiger partial charge in [0.05, 0.1) is 0 Å². The number of hydrogen-bond acceptors (Lipinski definition) is 2. The molecule has 1 aliphatic heterocycles. The fraction of sp³-hybridized carbons (Fsp3) is 0.571. The van der Waals surface area contributed by atoms with Crippen molar-refractivity contribution in [3.8, 4) is 0 Å². The fourth-order valence-electron chi connectivity index (χ4n) is 2.48. The van der Waals surface area contributed by atoms with E-state index in [1.165, 1.54) is 18.2 Å². The summed E-state index contributed by atoms with van der Waals surface area (Å²) in [6, 6.07) is 3.73. The molecule has 2 rings (SSSR count). The molecule has 4 heteroatoms. The second-order valence-electron chi connectivity index (χ2n) is 4.96. The van der Waals surface area contributed by atoms with Crippen LogP contribution in [0.3, 0.4) is 0 Å². The quantitative estimate of drug-likeness (QED) is 0.897. The lowest BCUT2D eigenvalue weighted by Gasteiger charge is -2.25. The van der Waals surface area contributed by atoms with Gasteiger partial charge < -0.3 is 10.5 Å². The summed E-state index contributed by atoms with van der Waals surface area (Å²) in [6.07, 6.45) is 3.05. The van der Waals surface area contributed by atoms with Crippen molar-refractivity contribution in [1.29, 1.82) is 0 Å². The molecule has 2 nitrogen and oxygen atoms in total. The zero-order valence-corrected chi connectivity index (χ0v) is 10.4. The molecular weight excluding hydrogens is 236 g/mol. The van der Waals surface area contributed by atoms with Gasteiger partial charge in [-0.25, -0.2) is 8.78 Å². The molecule has 0 saturated carbocycles. The van der Waals surface area contributed by atoms with Crippen LogP contribution < -0.4 is 5.73 Å². The Hall–Kier alpha value is -1.00. The van der Waals surface area contributed by atoms with Crippen LogP contribution in [0.4, 0.5) is 8.78 Å². The largest absolute Gasteiger partial charge is 0.381 e. The van der Waals surface area contributed by atoms with Crippen molar-refractivity contribution in [2.45, 2.75) is 31.7 Å². The number of halogens is 2. The summed E-state index contributed by atoms with van der Waals surface area (Å²) >= 11 is 0. The van der Waals surface area contributed by atoms with Crippen LogP contribution in [0.25, 0.3) is 0 Å². The molecule has 0 aromatic heterocycles. The van der Waals surface area contributed by atoms with Gasteiger partial charge in [-0.2, -0.15) is 0 Å². The lowest BCUT2D eigenvalue weighted by atomic mass is 9.90. The summed E-state index contributed by atoms with van der Waals surface area (Å²) in [6.45, 7) is 1.54. The molecule has 100 valence electrons. The summed E-state index contributed by atoms with van der Waals surface area (Å²) in [5.41, 5.74) is 6.11. The monoisotopic (exact) mass is 255 g/mol. The van der Waals surface area contributed by atoms with E-state index >= 15 is 0 Å². The molecule has 1 fully saturated rings. The maximum absolute atomic E-state index is 13.5. The predicted octanol–water partition coefficient (Wildman–Crippen LogP) is 2.65. The topological polar surface area (TPSA) is 35.2 Å². The van der Waals surface area contributed by atoms with Crippen molar-refractivity contribution in [3.05, 3.63) is 35.4 Å². The molecule has 1 aromatic rings. The van der Waals surface area contributed by atoms with Crippen LogP contribution in [0.1, 0.15) is 24.8 Å². The van der Waals surface area contributed by atoms with Gasteiger partial charge in [-0.3, -0.25) is 0 Å². The lowest BCUT2D eigenvalue weighted by molar-refractivity contribution is 0.0618. The molecule has 0 radical (unpaired) electrons. The summed E-state index contributed by atoms with van der Waals surface area (Å²) in [7, 11) is 0. The molecule has 1 aromatic carbocycles. The molecule has 1 heterocycles. The van der Waals surface area contributed by atoms with Crippen LogP contribution in [0.2, 0.25) is 0 Å². The molecule has 1 unspecified atom stereocenters. The Morgan fingerprint density at radius 1 is 1.22 bits per heavy atom. The Morgan fingerprint density at radius 2 is 1.83 bits per heavy atom. The van der Waals surface area contributed by atoms with E-state index in [0.29, 0.717) is 5.92 Å². The van der Waals surface area contributed by atoms with Gasteiger partial charge in [0, 0.05) is 24.8 Å². The fourth-order valence-corrected chi connectivity index (χ4v) is 2.48. The average molecular weight is 255 g/mol. The minimum atomic E-state index is -0.502. The van der Waals surface area contributed by atoms with E-state index in [-0.39, 0.29) is 18.0 Å². The van der Waals surface area contributed by atoms with Crippen molar-refractivity contribution in [3.63, 3.8) is 0 Å².